The minimum atomic E-state index is -0.108. The van der Waals surface area contributed by atoms with Crippen molar-refractivity contribution in [1.29, 1.82) is 0 Å². The number of rotatable bonds is 15. The van der Waals surface area contributed by atoms with Crippen LogP contribution in [0.1, 0.15) is 77.0 Å². The zero-order valence-corrected chi connectivity index (χ0v) is 17.6. The Labute approximate surface area is 170 Å². The lowest BCUT2D eigenvalue weighted by atomic mass is 10.1. The van der Waals surface area contributed by atoms with Gasteiger partial charge in [-0.25, -0.2) is 4.98 Å². The normalized spacial score (nSPS) is 11.0. The number of nitrogens with zero attached hydrogens (tertiary/aromatic N) is 2. The lowest BCUT2D eigenvalue weighted by molar-refractivity contribution is -0.116. The Bertz CT molecular complexity index is 720. The molecule has 1 aromatic carbocycles. The van der Waals surface area contributed by atoms with Gasteiger partial charge >= 0.3 is 0 Å². The number of unbranched alkanes of at least 4 members (excludes halogenated alkanes) is 8. The first kappa shape index (κ1) is 22.2. The van der Waals surface area contributed by atoms with Crippen LogP contribution in [-0.4, -0.2) is 22.0 Å². The number of fused-ring (bicyclic) bond motifs is 1. The molecule has 0 bridgehead atoms. The van der Waals surface area contributed by atoms with E-state index in [-0.39, 0.29) is 5.91 Å². The van der Waals surface area contributed by atoms with Gasteiger partial charge in [0.15, 0.2) is 0 Å². The van der Waals surface area contributed by atoms with Gasteiger partial charge in [-0.1, -0.05) is 77.0 Å². The fourth-order valence-corrected chi connectivity index (χ4v) is 3.68. The Morgan fingerprint density at radius 2 is 1.71 bits per heavy atom. The summed E-state index contributed by atoms with van der Waals surface area (Å²) in [5, 5.41) is 2.85. The molecule has 4 heteroatoms. The summed E-state index contributed by atoms with van der Waals surface area (Å²) in [5.74, 6) is 1.02. The van der Waals surface area contributed by atoms with Gasteiger partial charge in [-0.3, -0.25) is 4.79 Å². The van der Waals surface area contributed by atoms with E-state index in [0.29, 0.717) is 6.54 Å². The number of para-hydroxylation sites is 2. The maximum atomic E-state index is 11.3. The highest BCUT2D eigenvalue weighted by Crippen LogP contribution is 2.19. The third-order valence-electron chi connectivity index (χ3n) is 5.28. The zero-order valence-electron chi connectivity index (χ0n) is 17.6. The first-order valence-corrected chi connectivity index (χ1v) is 11.1. The molecular weight excluding hydrogens is 346 g/mol. The number of hydrogen-bond donors (Lipinski definition) is 1. The van der Waals surface area contributed by atoms with Crippen LogP contribution in [0.3, 0.4) is 0 Å². The highest BCUT2D eigenvalue weighted by molar-refractivity contribution is 5.86. The molecule has 1 N–H and O–H groups in total. The van der Waals surface area contributed by atoms with E-state index in [2.05, 4.69) is 41.6 Å². The largest absolute Gasteiger partial charge is 0.353 e. The zero-order chi connectivity index (χ0) is 20.0. The second-order valence-corrected chi connectivity index (χ2v) is 7.60. The third kappa shape index (κ3) is 7.49. The molecule has 2 aromatic rings. The summed E-state index contributed by atoms with van der Waals surface area (Å²) in [4.78, 5) is 16.1. The van der Waals surface area contributed by atoms with E-state index < -0.39 is 0 Å². The summed E-state index contributed by atoms with van der Waals surface area (Å²) >= 11 is 0. The topological polar surface area (TPSA) is 46.9 Å². The molecule has 4 nitrogen and oxygen atoms in total. The summed E-state index contributed by atoms with van der Waals surface area (Å²) in [6.45, 7) is 7.45. The molecule has 0 saturated heterocycles. The Kier molecular flexibility index (Phi) is 10.4. The molecule has 154 valence electrons. The third-order valence-corrected chi connectivity index (χ3v) is 5.28. The molecule has 0 radical (unpaired) electrons. The van der Waals surface area contributed by atoms with Crippen LogP contribution in [-0.2, 0) is 17.8 Å². The van der Waals surface area contributed by atoms with Crippen LogP contribution in [0.25, 0.3) is 11.0 Å². The number of hydrogen-bond acceptors (Lipinski definition) is 2. The molecule has 0 fully saturated rings. The van der Waals surface area contributed by atoms with E-state index in [0.717, 1.165) is 30.7 Å². The van der Waals surface area contributed by atoms with Crippen LogP contribution in [0.4, 0.5) is 0 Å². The molecule has 0 spiro atoms. The first-order valence-electron chi connectivity index (χ1n) is 11.1. The lowest BCUT2D eigenvalue weighted by Crippen LogP contribution is -2.22. The molecule has 0 aliphatic carbocycles. The van der Waals surface area contributed by atoms with Crippen molar-refractivity contribution >= 4 is 16.9 Å². The number of nitrogens with one attached hydrogen (secondary N) is 1. The molecular formula is C24H37N3O. The molecule has 2 rings (SSSR count). The average molecular weight is 384 g/mol. The van der Waals surface area contributed by atoms with Crippen molar-refractivity contribution in [3.05, 3.63) is 42.7 Å². The standard InChI is InChI=1S/C24H37N3O/c1-3-5-6-7-8-9-10-11-14-20-27-22-17-13-12-16-21(22)26-23(27)18-15-19-25-24(28)4-2/h4,12-13,16-17H,2-3,5-11,14-15,18-20H2,1H3,(H,25,28). The van der Waals surface area contributed by atoms with E-state index in [9.17, 15) is 4.79 Å². The first-order chi connectivity index (χ1) is 13.8. The monoisotopic (exact) mass is 383 g/mol. The predicted molar refractivity (Wildman–Crippen MR) is 118 cm³/mol. The highest BCUT2D eigenvalue weighted by Gasteiger charge is 2.10. The van der Waals surface area contributed by atoms with Crippen LogP contribution >= 0.6 is 0 Å². The summed E-state index contributed by atoms with van der Waals surface area (Å²) in [6.07, 6.45) is 15.2. The number of benzene rings is 1. The van der Waals surface area contributed by atoms with Gasteiger partial charge in [0.1, 0.15) is 5.82 Å². The van der Waals surface area contributed by atoms with Gasteiger partial charge in [0, 0.05) is 19.5 Å². The van der Waals surface area contributed by atoms with Crippen molar-refractivity contribution in [1.82, 2.24) is 14.9 Å². The van der Waals surface area contributed by atoms with E-state index in [1.807, 2.05) is 6.07 Å². The number of imidazole rings is 1. The fraction of sp³-hybridized carbons (Fsp3) is 0.583. The Hall–Kier alpha value is -2.10. The number of carbonyl (C=O) groups is 1. The average Bonchev–Trinajstić information content (AvgIpc) is 3.07. The van der Waals surface area contributed by atoms with Crippen molar-refractivity contribution in [3.63, 3.8) is 0 Å². The van der Waals surface area contributed by atoms with E-state index >= 15 is 0 Å². The van der Waals surface area contributed by atoms with Crippen molar-refractivity contribution < 1.29 is 4.79 Å². The highest BCUT2D eigenvalue weighted by atomic mass is 16.1. The number of aromatic nitrogens is 2. The van der Waals surface area contributed by atoms with Gasteiger partial charge < -0.3 is 9.88 Å². The molecule has 28 heavy (non-hydrogen) atoms. The van der Waals surface area contributed by atoms with Gasteiger partial charge in [-0.05, 0) is 31.1 Å². The van der Waals surface area contributed by atoms with Gasteiger partial charge in [0.05, 0.1) is 11.0 Å². The van der Waals surface area contributed by atoms with E-state index in [1.165, 1.54) is 69.4 Å². The maximum absolute atomic E-state index is 11.3. The molecule has 0 aliphatic rings. The smallest absolute Gasteiger partial charge is 0.243 e. The SMILES string of the molecule is C=CC(=O)NCCCc1nc2ccccc2n1CCCCCCCCCCC. The van der Waals surface area contributed by atoms with E-state index in [1.54, 1.807) is 0 Å². The van der Waals surface area contributed by atoms with Crippen LogP contribution < -0.4 is 5.32 Å². The predicted octanol–water partition coefficient (Wildman–Crippen LogP) is 5.80. The maximum Gasteiger partial charge on any atom is 0.243 e. The number of amides is 1. The Balaban J connectivity index is 1.79. The van der Waals surface area contributed by atoms with Gasteiger partial charge in [0.2, 0.25) is 5.91 Å². The van der Waals surface area contributed by atoms with Crippen molar-refractivity contribution in [2.75, 3.05) is 6.54 Å². The number of carbonyl (C=O) groups excluding carboxylic acids is 1. The minimum Gasteiger partial charge on any atom is -0.353 e. The Morgan fingerprint density at radius 3 is 2.43 bits per heavy atom. The molecule has 1 amide bonds. The molecule has 0 unspecified atom stereocenters. The summed E-state index contributed by atoms with van der Waals surface area (Å²) in [7, 11) is 0. The minimum absolute atomic E-state index is 0.108. The van der Waals surface area contributed by atoms with Crippen LogP contribution in [0.5, 0.6) is 0 Å². The molecule has 0 saturated carbocycles. The van der Waals surface area contributed by atoms with Crippen LogP contribution in [0, 0.1) is 0 Å². The van der Waals surface area contributed by atoms with Crippen LogP contribution in [0.15, 0.2) is 36.9 Å². The van der Waals surface area contributed by atoms with Crippen LogP contribution in [0.2, 0.25) is 0 Å². The summed E-state index contributed by atoms with van der Waals surface area (Å²) in [6, 6.07) is 8.39. The molecule has 0 aliphatic heterocycles. The molecule has 1 aromatic heterocycles. The van der Waals surface area contributed by atoms with Gasteiger partial charge in [-0.15, -0.1) is 0 Å². The lowest BCUT2D eigenvalue weighted by Gasteiger charge is -2.10. The second kappa shape index (κ2) is 13.1. The van der Waals surface area contributed by atoms with Crippen molar-refractivity contribution in [2.45, 2.75) is 84.1 Å². The number of aryl methyl sites for hydroxylation is 2. The quantitative estimate of drug-likeness (QED) is 0.312. The second-order valence-electron chi connectivity index (χ2n) is 7.60. The molecule has 0 atom stereocenters. The molecule has 1 heterocycles. The van der Waals surface area contributed by atoms with Crippen molar-refractivity contribution in [3.8, 4) is 0 Å². The fourth-order valence-electron chi connectivity index (χ4n) is 3.68. The van der Waals surface area contributed by atoms with Gasteiger partial charge in [-0.2, -0.15) is 0 Å². The van der Waals surface area contributed by atoms with Gasteiger partial charge in [0.25, 0.3) is 0 Å². The summed E-state index contributed by atoms with van der Waals surface area (Å²) < 4.78 is 2.38. The Morgan fingerprint density at radius 1 is 1.04 bits per heavy atom. The van der Waals surface area contributed by atoms with Crippen molar-refractivity contribution in [2.24, 2.45) is 0 Å². The van der Waals surface area contributed by atoms with E-state index in [4.69, 9.17) is 4.98 Å². The summed E-state index contributed by atoms with van der Waals surface area (Å²) in [5.41, 5.74) is 2.30.